The van der Waals surface area contributed by atoms with E-state index >= 15 is 0 Å². The molecule has 5 rings (SSSR count). The smallest absolute Gasteiger partial charge is 0.338 e. The molecule has 4 aromatic rings. The van der Waals surface area contributed by atoms with Crippen LogP contribution >= 0.6 is 27.3 Å². The number of allylic oxidation sites excluding steroid dienone is 1. The maximum Gasteiger partial charge on any atom is 0.338 e. The summed E-state index contributed by atoms with van der Waals surface area (Å²) in [5, 5.41) is 0. The average Bonchev–Trinajstić information content (AvgIpc) is 3.51. The number of hydrogen-bond donors (Lipinski definition) is 0. The van der Waals surface area contributed by atoms with Crippen molar-refractivity contribution in [1.29, 1.82) is 0 Å². The van der Waals surface area contributed by atoms with E-state index in [-0.39, 0.29) is 11.1 Å². The first-order valence-corrected chi connectivity index (χ1v) is 13.1. The number of nitrogens with zero attached hydrogens (tertiary/aromatic N) is 2. The molecule has 192 valence electrons. The zero-order valence-electron chi connectivity index (χ0n) is 20.6. The minimum atomic E-state index is -0.790. The van der Waals surface area contributed by atoms with Gasteiger partial charge in [0.05, 0.1) is 41.6 Å². The van der Waals surface area contributed by atoms with Crippen LogP contribution in [0.4, 0.5) is 0 Å². The summed E-state index contributed by atoms with van der Waals surface area (Å²) in [4.78, 5) is 43.4. The van der Waals surface area contributed by atoms with Crippen molar-refractivity contribution in [3.8, 4) is 11.3 Å². The number of rotatable bonds is 5. The molecule has 0 saturated heterocycles. The third-order valence-electron chi connectivity index (χ3n) is 6.08. The highest BCUT2D eigenvalue weighted by Crippen LogP contribution is 2.31. The largest absolute Gasteiger partial charge is 0.466 e. The van der Waals surface area contributed by atoms with Gasteiger partial charge in [0.2, 0.25) is 0 Å². The van der Waals surface area contributed by atoms with Crippen molar-refractivity contribution in [2.45, 2.75) is 13.0 Å². The first kappa shape index (κ1) is 25.6. The fourth-order valence-corrected chi connectivity index (χ4v) is 5.71. The van der Waals surface area contributed by atoms with Gasteiger partial charge in [-0.15, -0.1) is 0 Å². The molecule has 38 heavy (non-hydrogen) atoms. The average molecular weight is 593 g/mol. The summed E-state index contributed by atoms with van der Waals surface area (Å²) in [7, 11) is 2.58. The van der Waals surface area contributed by atoms with Crippen molar-refractivity contribution < 1.29 is 23.5 Å². The van der Waals surface area contributed by atoms with E-state index in [0.29, 0.717) is 37.7 Å². The fourth-order valence-electron chi connectivity index (χ4n) is 4.28. The standard InChI is InChI=1S/C28H21BrN2O6S/c1-15-23(27(34)36-3)24(16-7-9-17(10-8-16)26(33)35-2)31-25(32)22(38-28(31)30-15)14-20-11-12-21(37-20)18-5-4-6-19(29)13-18/h4-14,24H,1-3H3. The van der Waals surface area contributed by atoms with Crippen molar-refractivity contribution in [2.75, 3.05) is 14.2 Å². The molecule has 0 fully saturated rings. The van der Waals surface area contributed by atoms with Crippen LogP contribution in [0.25, 0.3) is 17.4 Å². The first-order valence-electron chi connectivity index (χ1n) is 11.5. The van der Waals surface area contributed by atoms with Crippen LogP contribution in [-0.4, -0.2) is 30.7 Å². The highest BCUT2D eigenvalue weighted by molar-refractivity contribution is 9.10. The van der Waals surface area contributed by atoms with Crippen LogP contribution in [0.5, 0.6) is 0 Å². The van der Waals surface area contributed by atoms with Crippen molar-refractivity contribution >= 4 is 45.3 Å². The molecule has 3 heterocycles. The number of benzene rings is 2. The Hall–Kier alpha value is -4.02. The van der Waals surface area contributed by atoms with E-state index in [9.17, 15) is 14.4 Å². The number of ether oxygens (including phenoxy) is 2. The Labute approximate surface area is 229 Å². The van der Waals surface area contributed by atoms with E-state index in [1.165, 1.54) is 30.1 Å². The van der Waals surface area contributed by atoms with Crippen molar-refractivity contribution in [3.63, 3.8) is 0 Å². The number of thiazole rings is 1. The lowest BCUT2D eigenvalue weighted by Crippen LogP contribution is -2.39. The monoisotopic (exact) mass is 592 g/mol. The lowest BCUT2D eigenvalue weighted by atomic mass is 9.95. The number of fused-ring (bicyclic) bond motifs is 1. The Balaban J connectivity index is 1.63. The van der Waals surface area contributed by atoms with Gasteiger partial charge in [0.1, 0.15) is 11.5 Å². The van der Waals surface area contributed by atoms with Gasteiger partial charge in [-0.05, 0) is 48.9 Å². The van der Waals surface area contributed by atoms with Crippen LogP contribution in [0.1, 0.15) is 34.6 Å². The van der Waals surface area contributed by atoms with Gasteiger partial charge in [0.25, 0.3) is 5.56 Å². The van der Waals surface area contributed by atoms with Gasteiger partial charge in [-0.1, -0.05) is 51.5 Å². The van der Waals surface area contributed by atoms with Crippen molar-refractivity contribution in [3.05, 3.63) is 113 Å². The second kappa shape index (κ2) is 10.4. The molecule has 0 aliphatic carbocycles. The van der Waals surface area contributed by atoms with E-state index in [1.54, 1.807) is 43.3 Å². The van der Waals surface area contributed by atoms with Gasteiger partial charge in [0.15, 0.2) is 4.80 Å². The van der Waals surface area contributed by atoms with Gasteiger partial charge in [0, 0.05) is 16.1 Å². The number of aromatic nitrogens is 1. The number of carbonyl (C=O) groups excluding carboxylic acids is 2. The summed E-state index contributed by atoms with van der Waals surface area (Å²) in [5.41, 5.74) is 2.23. The number of hydrogen-bond acceptors (Lipinski definition) is 8. The molecule has 10 heteroatoms. The predicted octanol–water partition coefficient (Wildman–Crippen LogP) is 4.22. The Morgan fingerprint density at radius 2 is 1.79 bits per heavy atom. The van der Waals surface area contributed by atoms with Crippen LogP contribution in [0, 0.1) is 0 Å². The SMILES string of the molecule is COC(=O)C1=C(C)N=c2sc(=Cc3ccc(-c4cccc(Br)c4)o3)c(=O)n2C1c1ccc(C(=O)OC)cc1. The topological polar surface area (TPSA) is 100 Å². The molecular formula is C28H21BrN2O6S. The van der Waals surface area contributed by atoms with E-state index < -0.39 is 18.0 Å². The summed E-state index contributed by atoms with van der Waals surface area (Å²) in [6.45, 7) is 1.70. The highest BCUT2D eigenvalue weighted by Gasteiger charge is 2.33. The number of esters is 2. The van der Waals surface area contributed by atoms with Gasteiger partial charge < -0.3 is 13.9 Å². The van der Waals surface area contributed by atoms with Crippen molar-refractivity contribution in [2.24, 2.45) is 4.99 Å². The summed E-state index contributed by atoms with van der Waals surface area (Å²) in [6, 6.07) is 17.1. The van der Waals surface area contributed by atoms with Crippen LogP contribution in [-0.2, 0) is 14.3 Å². The summed E-state index contributed by atoms with van der Waals surface area (Å²) in [6.07, 6.45) is 1.67. The van der Waals surface area contributed by atoms with Gasteiger partial charge >= 0.3 is 11.9 Å². The summed E-state index contributed by atoms with van der Waals surface area (Å²) in [5.74, 6) is 0.0965. The first-order chi connectivity index (χ1) is 18.3. The van der Waals surface area contributed by atoms with Crippen LogP contribution in [0.3, 0.4) is 0 Å². The minimum absolute atomic E-state index is 0.243. The minimum Gasteiger partial charge on any atom is -0.466 e. The van der Waals surface area contributed by atoms with E-state index in [4.69, 9.17) is 13.9 Å². The molecule has 1 atom stereocenters. The van der Waals surface area contributed by atoms with Gasteiger partial charge in [-0.25, -0.2) is 14.6 Å². The third-order valence-corrected chi connectivity index (χ3v) is 7.56. The molecule has 2 aromatic carbocycles. The third kappa shape index (κ3) is 4.68. The summed E-state index contributed by atoms with van der Waals surface area (Å²) >= 11 is 4.66. The number of furan rings is 1. The molecule has 0 N–H and O–H groups in total. The molecule has 8 nitrogen and oxygen atoms in total. The van der Waals surface area contributed by atoms with E-state index in [0.717, 1.165) is 10.0 Å². The van der Waals surface area contributed by atoms with Crippen LogP contribution in [0.15, 0.2) is 90.6 Å². The highest BCUT2D eigenvalue weighted by atomic mass is 79.9. The molecule has 0 bridgehead atoms. The number of halogens is 1. The lowest BCUT2D eigenvalue weighted by Gasteiger charge is -2.24. The molecule has 0 amide bonds. The molecule has 1 aliphatic rings. The van der Waals surface area contributed by atoms with Crippen LogP contribution in [0.2, 0.25) is 0 Å². The fraction of sp³-hybridized carbons (Fsp3) is 0.143. The molecule has 1 unspecified atom stereocenters. The molecular weight excluding hydrogens is 572 g/mol. The van der Waals surface area contributed by atoms with E-state index in [2.05, 4.69) is 20.9 Å². The normalized spacial score (nSPS) is 15.2. The lowest BCUT2D eigenvalue weighted by molar-refractivity contribution is -0.136. The maximum atomic E-state index is 13.7. The second-order valence-corrected chi connectivity index (χ2v) is 10.3. The Morgan fingerprint density at radius 1 is 1.05 bits per heavy atom. The molecule has 0 spiro atoms. The molecule has 0 radical (unpaired) electrons. The molecule has 2 aromatic heterocycles. The number of carbonyl (C=O) groups is 2. The van der Waals surface area contributed by atoms with Gasteiger partial charge in [-0.2, -0.15) is 0 Å². The zero-order chi connectivity index (χ0) is 27.0. The number of methoxy groups -OCH3 is 2. The van der Waals surface area contributed by atoms with Crippen molar-refractivity contribution in [1.82, 2.24) is 4.57 Å². The second-order valence-electron chi connectivity index (χ2n) is 8.40. The predicted molar refractivity (Wildman–Crippen MR) is 145 cm³/mol. The quantitative estimate of drug-likeness (QED) is 0.322. The Morgan fingerprint density at radius 3 is 2.47 bits per heavy atom. The zero-order valence-corrected chi connectivity index (χ0v) is 23.0. The molecule has 0 saturated carbocycles. The van der Waals surface area contributed by atoms with Crippen LogP contribution < -0.4 is 14.9 Å². The Bertz CT molecular complexity index is 1780. The Kier molecular flexibility index (Phi) is 7.00. The maximum absolute atomic E-state index is 13.7. The van der Waals surface area contributed by atoms with Gasteiger partial charge in [-0.3, -0.25) is 9.36 Å². The molecule has 1 aliphatic heterocycles. The van der Waals surface area contributed by atoms with E-state index in [1.807, 2.05) is 30.3 Å². The summed E-state index contributed by atoms with van der Waals surface area (Å²) < 4.78 is 18.6.